The fourth-order valence-electron chi connectivity index (χ4n) is 2.75. The van der Waals surface area contributed by atoms with Crippen LogP contribution in [0.15, 0.2) is 22.7 Å². The molecule has 2 unspecified atom stereocenters. The minimum Gasteiger partial charge on any atom is -0.329 e. The number of piperidine rings is 1. The summed E-state index contributed by atoms with van der Waals surface area (Å²) in [6.07, 6.45) is 2.44. The SMILES string of the molecule is CC1CCCN(C(CN)c2ccc(Br)cc2F)C1. The van der Waals surface area contributed by atoms with Gasteiger partial charge in [0, 0.05) is 29.2 Å². The van der Waals surface area contributed by atoms with Crippen LogP contribution in [0.3, 0.4) is 0 Å². The standard InChI is InChI=1S/C14H20BrFN2/c1-10-3-2-6-18(9-10)14(8-17)12-5-4-11(15)7-13(12)16/h4-5,7,10,14H,2-3,6,8-9,17H2,1H3. The summed E-state index contributed by atoms with van der Waals surface area (Å²) in [5.74, 6) is 0.504. The number of likely N-dealkylation sites (tertiary alicyclic amines) is 1. The van der Waals surface area contributed by atoms with E-state index < -0.39 is 0 Å². The van der Waals surface area contributed by atoms with Crippen molar-refractivity contribution in [2.24, 2.45) is 11.7 Å². The van der Waals surface area contributed by atoms with E-state index in [4.69, 9.17) is 5.73 Å². The van der Waals surface area contributed by atoms with Crippen LogP contribution in [0.5, 0.6) is 0 Å². The average Bonchev–Trinajstić information content (AvgIpc) is 2.33. The minimum absolute atomic E-state index is 0.000787. The highest BCUT2D eigenvalue weighted by molar-refractivity contribution is 9.10. The van der Waals surface area contributed by atoms with Gasteiger partial charge in [-0.2, -0.15) is 0 Å². The fourth-order valence-corrected chi connectivity index (χ4v) is 3.09. The minimum atomic E-state index is -0.168. The molecule has 1 saturated heterocycles. The van der Waals surface area contributed by atoms with E-state index in [1.165, 1.54) is 18.9 Å². The molecule has 1 aromatic carbocycles. The third-order valence-corrected chi connectivity index (χ3v) is 4.17. The van der Waals surface area contributed by atoms with Crippen LogP contribution in [0.1, 0.15) is 31.4 Å². The monoisotopic (exact) mass is 314 g/mol. The summed E-state index contributed by atoms with van der Waals surface area (Å²) in [5.41, 5.74) is 6.59. The molecule has 18 heavy (non-hydrogen) atoms. The molecule has 4 heteroatoms. The first-order valence-electron chi connectivity index (χ1n) is 6.51. The van der Waals surface area contributed by atoms with E-state index in [0.29, 0.717) is 12.5 Å². The maximum atomic E-state index is 14.0. The van der Waals surface area contributed by atoms with Gasteiger partial charge in [0.05, 0.1) is 0 Å². The lowest BCUT2D eigenvalue weighted by Crippen LogP contribution is -2.40. The fraction of sp³-hybridized carbons (Fsp3) is 0.571. The Morgan fingerprint density at radius 2 is 2.33 bits per heavy atom. The molecule has 0 spiro atoms. The Morgan fingerprint density at radius 1 is 1.56 bits per heavy atom. The second kappa shape index (κ2) is 6.13. The van der Waals surface area contributed by atoms with Gasteiger partial charge in [-0.1, -0.05) is 28.9 Å². The highest BCUT2D eigenvalue weighted by atomic mass is 79.9. The van der Waals surface area contributed by atoms with Crippen molar-refractivity contribution in [3.63, 3.8) is 0 Å². The van der Waals surface area contributed by atoms with E-state index in [0.717, 1.165) is 23.1 Å². The smallest absolute Gasteiger partial charge is 0.129 e. The Kier molecular flexibility index (Phi) is 4.76. The van der Waals surface area contributed by atoms with E-state index >= 15 is 0 Å². The topological polar surface area (TPSA) is 29.3 Å². The van der Waals surface area contributed by atoms with Crippen LogP contribution in [-0.4, -0.2) is 24.5 Å². The summed E-state index contributed by atoms with van der Waals surface area (Å²) in [4.78, 5) is 2.32. The number of hydrogen-bond acceptors (Lipinski definition) is 2. The predicted octanol–water partition coefficient (Wildman–Crippen LogP) is 3.32. The third-order valence-electron chi connectivity index (χ3n) is 3.67. The molecule has 1 aromatic rings. The number of halogens is 2. The van der Waals surface area contributed by atoms with Crippen molar-refractivity contribution >= 4 is 15.9 Å². The van der Waals surface area contributed by atoms with E-state index in [9.17, 15) is 4.39 Å². The molecule has 2 rings (SSSR count). The Bertz CT molecular complexity index is 411. The van der Waals surface area contributed by atoms with Crippen molar-refractivity contribution < 1.29 is 4.39 Å². The molecule has 2 nitrogen and oxygen atoms in total. The Morgan fingerprint density at radius 3 is 2.94 bits per heavy atom. The van der Waals surface area contributed by atoms with E-state index in [1.807, 2.05) is 12.1 Å². The summed E-state index contributed by atoms with van der Waals surface area (Å²) >= 11 is 3.29. The molecule has 0 saturated carbocycles. The van der Waals surface area contributed by atoms with E-state index in [1.54, 1.807) is 0 Å². The quantitative estimate of drug-likeness (QED) is 0.927. The summed E-state index contributed by atoms with van der Waals surface area (Å²) in [5, 5.41) is 0. The maximum Gasteiger partial charge on any atom is 0.129 e. The van der Waals surface area contributed by atoms with Gasteiger partial charge in [-0.15, -0.1) is 0 Å². The zero-order valence-corrected chi connectivity index (χ0v) is 12.3. The van der Waals surface area contributed by atoms with Crippen LogP contribution >= 0.6 is 15.9 Å². The first kappa shape index (κ1) is 14.0. The van der Waals surface area contributed by atoms with Gasteiger partial charge in [-0.05, 0) is 37.4 Å². The third kappa shape index (κ3) is 3.11. The van der Waals surface area contributed by atoms with Gasteiger partial charge < -0.3 is 5.73 Å². The molecule has 0 aliphatic carbocycles. The van der Waals surface area contributed by atoms with Crippen molar-refractivity contribution in [2.45, 2.75) is 25.8 Å². The molecule has 2 atom stereocenters. The highest BCUT2D eigenvalue weighted by Crippen LogP contribution is 2.28. The number of nitrogens with zero attached hydrogens (tertiary/aromatic N) is 1. The second-order valence-corrected chi connectivity index (χ2v) is 6.08. The zero-order valence-electron chi connectivity index (χ0n) is 10.7. The molecule has 100 valence electrons. The summed E-state index contributed by atoms with van der Waals surface area (Å²) < 4.78 is 14.8. The Balaban J connectivity index is 2.21. The van der Waals surface area contributed by atoms with Gasteiger partial charge in [-0.3, -0.25) is 4.90 Å². The summed E-state index contributed by atoms with van der Waals surface area (Å²) in [6.45, 7) is 4.74. The lowest BCUT2D eigenvalue weighted by Gasteiger charge is -2.37. The molecule has 2 N–H and O–H groups in total. The first-order chi connectivity index (χ1) is 8.61. The van der Waals surface area contributed by atoms with Crippen molar-refractivity contribution in [1.82, 2.24) is 4.90 Å². The van der Waals surface area contributed by atoms with Crippen LogP contribution in [0.25, 0.3) is 0 Å². The van der Waals surface area contributed by atoms with Crippen LogP contribution in [-0.2, 0) is 0 Å². The van der Waals surface area contributed by atoms with Crippen molar-refractivity contribution in [3.05, 3.63) is 34.1 Å². The van der Waals surface area contributed by atoms with Gasteiger partial charge >= 0.3 is 0 Å². The molecular weight excluding hydrogens is 295 g/mol. The average molecular weight is 315 g/mol. The summed E-state index contributed by atoms with van der Waals surface area (Å²) in [7, 11) is 0. The summed E-state index contributed by atoms with van der Waals surface area (Å²) in [6, 6.07) is 5.25. The largest absolute Gasteiger partial charge is 0.329 e. The Hall–Kier alpha value is -0.450. The molecule has 0 bridgehead atoms. The second-order valence-electron chi connectivity index (χ2n) is 5.16. The van der Waals surface area contributed by atoms with Gasteiger partial charge in [0.25, 0.3) is 0 Å². The van der Waals surface area contributed by atoms with Crippen LogP contribution < -0.4 is 5.73 Å². The molecule has 1 aliphatic heterocycles. The first-order valence-corrected chi connectivity index (χ1v) is 7.30. The maximum absolute atomic E-state index is 14.0. The zero-order chi connectivity index (χ0) is 13.1. The van der Waals surface area contributed by atoms with Crippen LogP contribution in [0.2, 0.25) is 0 Å². The van der Waals surface area contributed by atoms with E-state index in [-0.39, 0.29) is 11.9 Å². The molecule has 1 heterocycles. The lowest BCUT2D eigenvalue weighted by atomic mass is 9.96. The van der Waals surface area contributed by atoms with Crippen LogP contribution in [0.4, 0.5) is 4.39 Å². The normalized spacial score (nSPS) is 23.0. The van der Waals surface area contributed by atoms with Gasteiger partial charge in [0.2, 0.25) is 0 Å². The number of nitrogens with two attached hydrogens (primary N) is 1. The lowest BCUT2D eigenvalue weighted by molar-refractivity contribution is 0.131. The number of benzene rings is 1. The van der Waals surface area contributed by atoms with E-state index in [2.05, 4.69) is 27.8 Å². The number of rotatable bonds is 3. The number of hydrogen-bond donors (Lipinski definition) is 1. The van der Waals surface area contributed by atoms with Crippen molar-refractivity contribution in [1.29, 1.82) is 0 Å². The predicted molar refractivity (Wildman–Crippen MR) is 75.9 cm³/mol. The highest BCUT2D eigenvalue weighted by Gasteiger charge is 2.25. The van der Waals surface area contributed by atoms with Crippen molar-refractivity contribution in [2.75, 3.05) is 19.6 Å². The molecular formula is C14H20BrFN2. The van der Waals surface area contributed by atoms with Crippen molar-refractivity contribution in [3.8, 4) is 0 Å². The van der Waals surface area contributed by atoms with Crippen LogP contribution in [0, 0.1) is 11.7 Å². The molecule has 0 radical (unpaired) electrons. The molecule has 0 amide bonds. The van der Waals surface area contributed by atoms with Gasteiger partial charge in [0.15, 0.2) is 0 Å². The van der Waals surface area contributed by atoms with Gasteiger partial charge in [-0.25, -0.2) is 4.39 Å². The molecule has 1 fully saturated rings. The molecule has 1 aliphatic rings. The van der Waals surface area contributed by atoms with Gasteiger partial charge in [0.1, 0.15) is 5.82 Å². The Labute approximate surface area is 116 Å². The molecule has 0 aromatic heterocycles.